The smallest absolute Gasteiger partial charge is 0.306 e. The lowest BCUT2D eigenvalue weighted by Crippen LogP contribution is -2.30. The number of carbonyl (C=O) groups excluding carboxylic acids is 3. The first kappa shape index (κ1) is 58.9. The molecule has 0 radical (unpaired) electrons. The highest BCUT2D eigenvalue weighted by atomic mass is 16.6. The molecule has 0 N–H and O–H groups in total. The SMILES string of the molecule is CCCCCC/C=C\CCCCCCCCCC(=O)O[C@H](COC(=O)CCCCCCCCC/C=C\CCCCCCCC)COC(=O)CCCCCCCCCCCCC. The molecule has 0 aromatic carbocycles. The predicted molar refractivity (Wildman–Crippen MR) is 261 cm³/mol. The van der Waals surface area contributed by atoms with E-state index in [0.29, 0.717) is 19.3 Å². The molecule has 0 aliphatic carbocycles. The Bertz CT molecular complexity index is 989. The van der Waals surface area contributed by atoms with Crippen molar-refractivity contribution in [2.45, 2.75) is 297 Å². The molecule has 61 heavy (non-hydrogen) atoms. The minimum atomic E-state index is -0.770. The maximum absolute atomic E-state index is 12.8. The molecule has 0 fully saturated rings. The van der Waals surface area contributed by atoms with Gasteiger partial charge >= 0.3 is 17.9 Å². The van der Waals surface area contributed by atoms with Crippen LogP contribution in [0, 0.1) is 0 Å². The molecule has 0 aliphatic rings. The Kier molecular flexibility index (Phi) is 48.8. The van der Waals surface area contributed by atoms with Crippen LogP contribution in [0.2, 0.25) is 0 Å². The fourth-order valence-corrected chi connectivity index (χ4v) is 7.84. The van der Waals surface area contributed by atoms with Gasteiger partial charge in [0.1, 0.15) is 13.2 Å². The summed E-state index contributed by atoms with van der Waals surface area (Å²) < 4.78 is 16.8. The standard InChI is InChI=1S/C55H102O6/c1-4-7-10-13-16-19-22-24-26-27-29-30-33-36-39-42-45-48-54(57)60-51-52(50-59-53(56)47-44-41-38-35-32-21-18-15-12-9-6-3)61-55(58)49-46-43-40-37-34-31-28-25-23-20-17-14-11-8-5-2/h20,23-24,26,52H,4-19,21-22,25,27-51H2,1-3H3/b23-20-,26-24-/t52-/m0/s1. The number of esters is 3. The molecule has 6 nitrogen and oxygen atoms in total. The summed E-state index contributed by atoms with van der Waals surface area (Å²) in [5.41, 5.74) is 0. The lowest BCUT2D eigenvalue weighted by molar-refractivity contribution is -0.167. The van der Waals surface area contributed by atoms with Gasteiger partial charge in [-0.2, -0.15) is 0 Å². The van der Waals surface area contributed by atoms with Crippen LogP contribution in [-0.4, -0.2) is 37.2 Å². The first-order valence-corrected chi connectivity index (χ1v) is 26.8. The summed E-state index contributed by atoms with van der Waals surface area (Å²) in [6.45, 7) is 6.64. The number of ether oxygens (including phenoxy) is 3. The van der Waals surface area contributed by atoms with Crippen LogP contribution in [0.1, 0.15) is 290 Å². The minimum absolute atomic E-state index is 0.0706. The second-order valence-electron chi connectivity index (χ2n) is 18.1. The zero-order chi connectivity index (χ0) is 44.4. The van der Waals surface area contributed by atoms with Crippen LogP contribution in [0.4, 0.5) is 0 Å². The van der Waals surface area contributed by atoms with Gasteiger partial charge in [-0.1, -0.05) is 225 Å². The second kappa shape index (κ2) is 50.5. The summed E-state index contributed by atoms with van der Waals surface area (Å²) in [7, 11) is 0. The van der Waals surface area contributed by atoms with E-state index in [2.05, 4.69) is 45.1 Å². The van der Waals surface area contributed by atoms with E-state index in [9.17, 15) is 14.4 Å². The number of rotatable bonds is 49. The zero-order valence-corrected chi connectivity index (χ0v) is 40.9. The molecule has 0 amide bonds. The van der Waals surface area contributed by atoms with E-state index in [4.69, 9.17) is 14.2 Å². The van der Waals surface area contributed by atoms with Crippen molar-refractivity contribution in [1.29, 1.82) is 0 Å². The molecule has 0 heterocycles. The molecule has 0 bridgehead atoms. The maximum Gasteiger partial charge on any atom is 0.306 e. The fourth-order valence-electron chi connectivity index (χ4n) is 7.84. The molecule has 0 rings (SSSR count). The van der Waals surface area contributed by atoms with Crippen molar-refractivity contribution in [3.63, 3.8) is 0 Å². The predicted octanol–water partition coefficient (Wildman–Crippen LogP) is 17.5. The minimum Gasteiger partial charge on any atom is -0.462 e. The largest absolute Gasteiger partial charge is 0.462 e. The molecule has 0 aliphatic heterocycles. The average molecular weight is 859 g/mol. The number of hydrogen-bond acceptors (Lipinski definition) is 6. The quantitative estimate of drug-likeness (QED) is 0.0262. The van der Waals surface area contributed by atoms with Gasteiger partial charge in [-0.05, 0) is 70.6 Å². The first-order valence-electron chi connectivity index (χ1n) is 26.8. The third kappa shape index (κ3) is 48.8. The van der Waals surface area contributed by atoms with Gasteiger partial charge in [-0.3, -0.25) is 14.4 Å². The highest BCUT2D eigenvalue weighted by molar-refractivity contribution is 5.71. The van der Waals surface area contributed by atoms with E-state index in [0.717, 1.165) is 57.8 Å². The molecule has 0 saturated heterocycles. The average Bonchev–Trinajstić information content (AvgIpc) is 3.26. The van der Waals surface area contributed by atoms with Crippen LogP contribution in [0.15, 0.2) is 24.3 Å². The lowest BCUT2D eigenvalue weighted by Gasteiger charge is -2.18. The Hall–Kier alpha value is -2.11. The molecule has 0 saturated carbocycles. The second-order valence-corrected chi connectivity index (χ2v) is 18.1. The van der Waals surface area contributed by atoms with Gasteiger partial charge in [0, 0.05) is 19.3 Å². The Morgan fingerprint density at radius 1 is 0.311 bits per heavy atom. The Balaban J connectivity index is 4.33. The number of carbonyl (C=O) groups is 3. The van der Waals surface area contributed by atoms with Gasteiger partial charge in [-0.15, -0.1) is 0 Å². The highest BCUT2D eigenvalue weighted by Crippen LogP contribution is 2.16. The van der Waals surface area contributed by atoms with Gasteiger partial charge in [0.25, 0.3) is 0 Å². The van der Waals surface area contributed by atoms with E-state index < -0.39 is 6.10 Å². The number of unbranched alkanes of at least 4 members (excludes halogenated alkanes) is 34. The number of hydrogen-bond donors (Lipinski definition) is 0. The molecule has 0 unspecified atom stereocenters. The summed E-state index contributed by atoms with van der Waals surface area (Å²) in [5.74, 6) is -0.866. The van der Waals surface area contributed by atoms with Crippen molar-refractivity contribution in [1.82, 2.24) is 0 Å². The molecular formula is C55H102O6. The van der Waals surface area contributed by atoms with Crippen LogP contribution >= 0.6 is 0 Å². The Labute approximate surface area is 379 Å². The molecule has 0 aromatic heterocycles. The summed E-state index contributed by atoms with van der Waals surface area (Å²) in [4.78, 5) is 38.0. The third-order valence-corrected chi connectivity index (χ3v) is 11.9. The van der Waals surface area contributed by atoms with Gasteiger partial charge in [-0.25, -0.2) is 0 Å². The van der Waals surface area contributed by atoms with E-state index >= 15 is 0 Å². The molecule has 6 heteroatoms. The van der Waals surface area contributed by atoms with Crippen LogP contribution in [0.3, 0.4) is 0 Å². The van der Waals surface area contributed by atoms with Crippen LogP contribution in [0.5, 0.6) is 0 Å². The van der Waals surface area contributed by atoms with Crippen LogP contribution in [0.25, 0.3) is 0 Å². The first-order chi connectivity index (χ1) is 30.0. The molecule has 0 aromatic rings. The van der Waals surface area contributed by atoms with E-state index in [1.54, 1.807) is 0 Å². The third-order valence-electron chi connectivity index (χ3n) is 11.9. The monoisotopic (exact) mass is 859 g/mol. The lowest BCUT2D eigenvalue weighted by atomic mass is 10.1. The van der Waals surface area contributed by atoms with Crippen LogP contribution < -0.4 is 0 Å². The normalized spacial score (nSPS) is 12.1. The van der Waals surface area contributed by atoms with E-state index in [1.807, 2.05) is 0 Å². The van der Waals surface area contributed by atoms with Crippen molar-refractivity contribution in [3.05, 3.63) is 24.3 Å². The maximum atomic E-state index is 12.8. The highest BCUT2D eigenvalue weighted by Gasteiger charge is 2.19. The molecule has 358 valence electrons. The van der Waals surface area contributed by atoms with Crippen molar-refractivity contribution < 1.29 is 28.6 Å². The van der Waals surface area contributed by atoms with Crippen molar-refractivity contribution in [2.75, 3.05) is 13.2 Å². The van der Waals surface area contributed by atoms with Gasteiger partial charge in [0.05, 0.1) is 0 Å². The summed E-state index contributed by atoms with van der Waals surface area (Å²) in [6.07, 6.45) is 57.3. The topological polar surface area (TPSA) is 78.9 Å². The number of allylic oxidation sites excluding steroid dienone is 4. The summed E-state index contributed by atoms with van der Waals surface area (Å²) in [5, 5.41) is 0. The van der Waals surface area contributed by atoms with Crippen molar-refractivity contribution in [3.8, 4) is 0 Å². The Morgan fingerprint density at radius 2 is 0.541 bits per heavy atom. The molecule has 0 spiro atoms. The molecular weight excluding hydrogens is 757 g/mol. The van der Waals surface area contributed by atoms with Gasteiger partial charge in [0.2, 0.25) is 0 Å². The van der Waals surface area contributed by atoms with Crippen LogP contribution in [-0.2, 0) is 28.6 Å². The van der Waals surface area contributed by atoms with E-state index in [-0.39, 0.29) is 31.1 Å². The Morgan fingerprint density at radius 3 is 0.836 bits per heavy atom. The van der Waals surface area contributed by atoms with Gasteiger partial charge in [0.15, 0.2) is 6.10 Å². The fraction of sp³-hybridized carbons (Fsp3) is 0.873. The summed E-state index contributed by atoms with van der Waals surface area (Å²) in [6, 6.07) is 0. The van der Waals surface area contributed by atoms with Crippen molar-refractivity contribution >= 4 is 17.9 Å². The van der Waals surface area contributed by atoms with E-state index in [1.165, 1.54) is 193 Å². The zero-order valence-electron chi connectivity index (χ0n) is 40.9. The molecule has 1 atom stereocenters. The summed E-state index contributed by atoms with van der Waals surface area (Å²) >= 11 is 0. The van der Waals surface area contributed by atoms with Gasteiger partial charge < -0.3 is 14.2 Å². The van der Waals surface area contributed by atoms with Crippen molar-refractivity contribution in [2.24, 2.45) is 0 Å².